The fraction of sp³-hybridized carbons (Fsp3) is 0.188. The predicted molar refractivity (Wildman–Crippen MR) is 77.1 cm³/mol. The third-order valence-electron chi connectivity index (χ3n) is 2.85. The molecule has 2 aromatic carbocycles. The van der Waals surface area contributed by atoms with E-state index in [0.717, 1.165) is 0 Å². The van der Waals surface area contributed by atoms with Crippen molar-refractivity contribution in [1.29, 1.82) is 0 Å². The molecule has 0 aliphatic heterocycles. The Balaban J connectivity index is 2.19. The van der Waals surface area contributed by atoms with E-state index in [4.69, 9.17) is 16.3 Å². The second-order valence-electron chi connectivity index (χ2n) is 4.27. The first-order valence-corrected chi connectivity index (χ1v) is 6.68. The number of benzene rings is 2. The Labute approximate surface area is 122 Å². The lowest BCUT2D eigenvalue weighted by Gasteiger charge is -2.07. The molecule has 0 fully saturated rings. The van der Waals surface area contributed by atoms with Crippen molar-refractivity contribution in [3.05, 3.63) is 64.4 Å². The summed E-state index contributed by atoms with van der Waals surface area (Å²) in [6, 6.07) is 11.4. The smallest absolute Gasteiger partial charge is 0.167 e. The number of halogens is 2. The summed E-state index contributed by atoms with van der Waals surface area (Å²) in [5.41, 5.74) is 1.01. The van der Waals surface area contributed by atoms with E-state index in [1.807, 2.05) is 6.92 Å². The van der Waals surface area contributed by atoms with Gasteiger partial charge in [0.1, 0.15) is 11.6 Å². The third kappa shape index (κ3) is 3.36. The molecule has 0 aliphatic carbocycles. The highest BCUT2D eigenvalue weighted by molar-refractivity contribution is 6.31. The number of carbonyl (C=O) groups is 1. The highest BCUT2D eigenvalue weighted by atomic mass is 35.5. The number of Topliss-reactive ketones (excluding diaryl/α,β-unsaturated/α-hetero) is 1. The van der Waals surface area contributed by atoms with Crippen LogP contribution in [0.2, 0.25) is 5.02 Å². The number of ketones is 1. The molecule has 0 spiro atoms. The Morgan fingerprint density at radius 1 is 1.25 bits per heavy atom. The monoisotopic (exact) mass is 292 g/mol. The lowest BCUT2D eigenvalue weighted by molar-refractivity contribution is 0.0992. The maximum Gasteiger partial charge on any atom is 0.167 e. The summed E-state index contributed by atoms with van der Waals surface area (Å²) >= 11 is 5.85. The average Bonchev–Trinajstić information content (AvgIpc) is 2.44. The van der Waals surface area contributed by atoms with E-state index in [0.29, 0.717) is 23.5 Å². The van der Waals surface area contributed by atoms with Gasteiger partial charge in [0.2, 0.25) is 0 Å². The van der Waals surface area contributed by atoms with E-state index in [2.05, 4.69) is 0 Å². The number of carbonyl (C=O) groups excluding carboxylic acids is 1. The topological polar surface area (TPSA) is 26.3 Å². The lowest BCUT2D eigenvalue weighted by Crippen LogP contribution is -2.05. The number of rotatable bonds is 5. The molecule has 20 heavy (non-hydrogen) atoms. The maximum absolute atomic E-state index is 13.3. The molecule has 2 nitrogen and oxygen atoms in total. The van der Waals surface area contributed by atoms with Gasteiger partial charge < -0.3 is 4.74 Å². The van der Waals surface area contributed by atoms with E-state index >= 15 is 0 Å². The van der Waals surface area contributed by atoms with Gasteiger partial charge in [-0.1, -0.05) is 35.9 Å². The molecule has 4 heteroatoms. The van der Waals surface area contributed by atoms with E-state index in [1.165, 1.54) is 6.07 Å². The van der Waals surface area contributed by atoms with Crippen LogP contribution in [0.4, 0.5) is 4.39 Å². The molecule has 104 valence electrons. The van der Waals surface area contributed by atoms with Crippen LogP contribution >= 0.6 is 11.6 Å². The third-order valence-corrected chi connectivity index (χ3v) is 3.27. The van der Waals surface area contributed by atoms with E-state index in [9.17, 15) is 9.18 Å². The Morgan fingerprint density at radius 2 is 2.00 bits per heavy atom. The van der Waals surface area contributed by atoms with Crippen LogP contribution in [-0.2, 0) is 6.42 Å². The molecule has 0 aliphatic rings. The SMILES string of the molecule is CCOc1cccc(C(=O)Cc2cccc(F)c2Cl)c1. The van der Waals surface area contributed by atoms with Crippen molar-refractivity contribution in [1.82, 2.24) is 0 Å². The van der Waals surface area contributed by atoms with Gasteiger partial charge >= 0.3 is 0 Å². The van der Waals surface area contributed by atoms with Gasteiger partial charge in [-0.05, 0) is 30.7 Å². The van der Waals surface area contributed by atoms with Crippen LogP contribution in [0, 0.1) is 5.82 Å². The van der Waals surface area contributed by atoms with Crippen molar-refractivity contribution in [3.63, 3.8) is 0 Å². The van der Waals surface area contributed by atoms with Crippen molar-refractivity contribution >= 4 is 17.4 Å². The Bertz CT molecular complexity index is 626. The molecule has 0 radical (unpaired) electrons. The summed E-state index contributed by atoms with van der Waals surface area (Å²) < 4.78 is 18.7. The quantitative estimate of drug-likeness (QED) is 0.768. The zero-order valence-electron chi connectivity index (χ0n) is 11.0. The Kier molecular flexibility index (Phi) is 4.74. The molecular formula is C16H14ClFO2. The number of hydrogen-bond acceptors (Lipinski definition) is 2. The fourth-order valence-electron chi connectivity index (χ4n) is 1.89. The van der Waals surface area contributed by atoms with Gasteiger partial charge in [0.05, 0.1) is 11.6 Å². The number of ether oxygens (including phenoxy) is 1. The molecule has 0 atom stereocenters. The Hall–Kier alpha value is -1.87. The first-order valence-electron chi connectivity index (χ1n) is 6.30. The summed E-state index contributed by atoms with van der Waals surface area (Å²) in [5, 5.41) is 0.00168. The van der Waals surface area contributed by atoms with Crippen LogP contribution in [-0.4, -0.2) is 12.4 Å². The molecule has 0 amide bonds. The van der Waals surface area contributed by atoms with Crippen LogP contribution in [0.15, 0.2) is 42.5 Å². The lowest BCUT2D eigenvalue weighted by atomic mass is 10.0. The Morgan fingerprint density at radius 3 is 2.75 bits per heavy atom. The number of hydrogen-bond donors (Lipinski definition) is 0. The molecule has 0 saturated carbocycles. The van der Waals surface area contributed by atoms with Crippen LogP contribution < -0.4 is 4.74 Å². The first-order chi connectivity index (χ1) is 9.61. The van der Waals surface area contributed by atoms with Crippen LogP contribution in [0.1, 0.15) is 22.8 Å². The van der Waals surface area contributed by atoms with E-state index < -0.39 is 5.82 Å². The fourth-order valence-corrected chi connectivity index (χ4v) is 2.08. The van der Waals surface area contributed by atoms with Gasteiger partial charge in [0, 0.05) is 12.0 Å². The molecule has 0 heterocycles. The van der Waals surface area contributed by atoms with Gasteiger partial charge in [-0.2, -0.15) is 0 Å². The molecule has 2 rings (SSSR count). The molecule has 2 aromatic rings. The minimum absolute atomic E-state index is 0.00168. The van der Waals surface area contributed by atoms with Gasteiger partial charge in [0.15, 0.2) is 5.78 Å². The van der Waals surface area contributed by atoms with Gasteiger partial charge in [-0.15, -0.1) is 0 Å². The van der Waals surface area contributed by atoms with Crippen LogP contribution in [0.25, 0.3) is 0 Å². The zero-order valence-corrected chi connectivity index (χ0v) is 11.8. The minimum Gasteiger partial charge on any atom is -0.494 e. The summed E-state index contributed by atoms with van der Waals surface area (Å²) in [6.07, 6.45) is 0.0617. The average molecular weight is 293 g/mol. The van der Waals surface area contributed by atoms with Crippen LogP contribution in [0.3, 0.4) is 0 Å². The first kappa shape index (κ1) is 14.5. The highest BCUT2D eigenvalue weighted by Crippen LogP contribution is 2.22. The second kappa shape index (κ2) is 6.53. The summed E-state index contributed by atoms with van der Waals surface area (Å²) in [7, 11) is 0. The summed E-state index contributed by atoms with van der Waals surface area (Å²) in [6.45, 7) is 2.41. The van der Waals surface area contributed by atoms with Crippen molar-refractivity contribution in [2.75, 3.05) is 6.61 Å². The van der Waals surface area contributed by atoms with E-state index in [1.54, 1.807) is 36.4 Å². The normalized spacial score (nSPS) is 10.3. The molecule has 0 aromatic heterocycles. The van der Waals surface area contributed by atoms with Crippen molar-refractivity contribution in [2.45, 2.75) is 13.3 Å². The van der Waals surface area contributed by atoms with Crippen molar-refractivity contribution in [2.24, 2.45) is 0 Å². The maximum atomic E-state index is 13.3. The highest BCUT2D eigenvalue weighted by Gasteiger charge is 2.12. The molecule has 0 bridgehead atoms. The van der Waals surface area contributed by atoms with Gasteiger partial charge in [-0.25, -0.2) is 4.39 Å². The van der Waals surface area contributed by atoms with Crippen LogP contribution in [0.5, 0.6) is 5.75 Å². The second-order valence-corrected chi connectivity index (χ2v) is 4.65. The summed E-state index contributed by atoms with van der Waals surface area (Å²) in [4.78, 5) is 12.2. The molecule has 0 saturated heterocycles. The summed E-state index contributed by atoms with van der Waals surface area (Å²) in [5.74, 6) is 0.00257. The van der Waals surface area contributed by atoms with Gasteiger partial charge in [0.25, 0.3) is 0 Å². The molecular weight excluding hydrogens is 279 g/mol. The zero-order chi connectivity index (χ0) is 14.5. The van der Waals surface area contributed by atoms with Crippen molar-refractivity contribution in [3.8, 4) is 5.75 Å². The van der Waals surface area contributed by atoms with E-state index in [-0.39, 0.29) is 17.2 Å². The van der Waals surface area contributed by atoms with Gasteiger partial charge in [-0.3, -0.25) is 4.79 Å². The minimum atomic E-state index is -0.514. The molecule has 0 N–H and O–H groups in total. The predicted octanol–water partition coefficient (Wildman–Crippen LogP) is 4.30. The van der Waals surface area contributed by atoms with Crippen molar-refractivity contribution < 1.29 is 13.9 Å². The standard InChI is InChI=1S/C16H14ClFO2/c1-2-20-13-7-3-5-11(9-13)15(19)10-12-6-4-8-14(18)16(12)17/h3-9H,2,10H2,1H3. The largest absolute Gasteiger partial charge is 0.494 e. The molecule has 0 unspecified atom stereocenters.